The average molecular weight is 564 g/mol. The molecule has 5 rings (SSSR count). The molecule has 1 fully saturated rings. The number of hydrogen-bond acceptors (Lipinski definition) is 3. The van der Waals surface area contributed by atoms with E-state index in [1.54, 1.807) is 24.3 Å². The summed E-state index contributed by atoms with van der Waals surface area (Å²) in [5, 5.41) is 12.1. The molecule has 1 saturated heterocycles. The molecule has 0 bridgehead atoms. The van der Waals surface area contributed by atoms with E-state index in [9.17, 15) is 22.7 Å². The molecule has 0 amide bonds. The number of alkyl halides is 3. The Labute approximate surface area is 238 Å². The second-order valence-corrected chi connectivity index (χ2v) is 10.5. The van der Waals surface area contributed by atoms with E-state index < -0.39 is 23.2 Å². The van der Waals surface area contributed by atoms with Gasteiger partial charge in [-0.25, -0.2) is 4.39 Å². The molecule has 7 heteroatoms. The number of halogens is 4. The largest absolute Gasteiger partial charge is 0.494 e. The van der Waals surface area contributed by atoms with E-state index in [2.05, 4.69) is 4.90 Å². The van der Waals surface area contributed by atoms with Crippen molar-refractivity contribution in [3.63, 3.8) is 0 Å². The first-order valence-corrected chi connectivity index (χ1v) is 13.9. The highest BCUT2D eigenvalue weighted by atomic mass is 19.4. The molecule has 41 heavy (non-hydrogen) atoms. The SMILES string of the molecule is OC(c1ccccc1)(c1ccccc1)C1CCN(CCCOc2ccc(-c3ccc(C(F)(F)F)cc3F)cc2)CC1. The maximum Gasteiger partial charge on any atom is 0.416 e. The highest BCUT2D eigenvalue weighted by Gasteiger charge is 2.41. The lowest BCUT2D eigenvalue weighted by Gasteiger charge is -2.42. The Morgan fingerprint density at radius 1 is 0.756 bits per heavy atom. The van der Waals surface area contributed by atoms with Gasteiger partial charge in [-0.2, -0.15) is 13.2 Å². The second-order valence-electron chi connectivity index (χ2n) is 10.5. The van der Waals surface area contributed by atoms with Crippen molar-refractivity contribution in [1.29, 1.82) is 0 Å². The summed E-state index contributed by atoms with van der Waals surface area (Å²) in [5.74, 6) is -0.188. The fourth-order valence-electron chi connectivity index (χ4n) is 5.73. The number of hydrogen-bond donors (Lipinski definition) is 1. The maximum absolute atomic E-state index is 14.3. The molecular weight excluding hydrogens is 530 g/mol. The van der Waals surface area contributed by atoms with Crippen LogP contribution in [0.1, 0.15) is 36.0 Å². The fraction of sp³-hybridized carbons (Fsp3) is 0.294. The predicted molar refractivity (Wildman–Crippen MR) is 152 cm³/mol. The summed E-state index contributed by atoms with van der Waals surface area (Å²) in [6.07, 6.45) is -2.01. The number of likely N-dealkylation sites (tertiary alicyclic amines) is 1. The lowest BCUT2D eigenvalue weighted by molar-refractivity contribution is -0.137. The molecule has 0 aliphatic carbocycles. The van der Waals surface area contributed by atoms with Gasteiger partial charge >= 0.3 is 6.18 Å². The molecule has 0 spiro atoms. The minimum atomic E-state index is -4.58. The van der Waals surface area contributed by atoms with Gasteiger partial charge < -0.3 is 14.7 Å². The fourth-order valence-corrected chi connectivity index (χ4v) is 5.73. The van der Waals surface area contributed by atoms with Crippen LogP contribution in [-0.4, -0.2) is 36.2 Å². The van der Waals surface area contributed by atoms with Crippen LogP contribution in [-0.2, 0) is 11.8 Å². The number of rotatable bonds is 9. The maximum atomic E-state index is 14.3. The molecular formula is C34H33F4NO2. The van der Waals surface area contributed by atoms with Crippen LogP contribution < -0.4 is 4.74 Å². The van der Waals surface area contributed by atoms with Crippen LogP contribution in [0, 0.1) is 11.7 Å². The van der Waals surface area contributed by atoms with Crippen LogP contribution in [0.25, 0.3) is 11.1 Å². The zero-order valence-corrected chi connectivity index (χ0v) is 22.7. The highest BCUT2D eigenvalue weighted by Crippen LogP contribution is 2.42. The monoisotopic (exact) mass is 563 g/mol. The molecule has 1 N–H and O–H groups in total. The van der Waals surface area contributed by atoms with Gasteiger partial charge in [-0.3, -0.25) is 0 Å². The van der Waals surface area contributed by atoms with Gasteiger partial charge in [0.15, 0.2) is 0 Å². The molecule has 214 valence electrons. The van der Waals surface area contributed by atoms with Gasteiger partial charge in [0.05, 0.1) is 12.2 Å². The van der Waals surface area contributed by atoms with E-state index in [1.165, 1.54) is 0 Å². The molecule has 0 aromatic heterocycles. The third-order valence-electron chi connectivity index (χ3n) is 7.96. The quantitative estimate of drug-likeness (QED) is 0.166. The molecule has 4 aromatic rings. The Balaban J connectivity index is 1.11. The summed E-state index contributed by atoms with van der Waals surface area (Å²) in [6.45, 7) is 3.16. The third-order valence-corrected chi connectivity index (χ3v) is 7.96. The summed E-state index contributed by atoms with van der Waals surface area (Å²) in [5.41, 5.74) is 0.394. The Kier molecular flexibility index (Phi) is 8.76. The lowest BCUT2D eigenvalue weighted by Crippen LogP contribution is -2.44. The molecule has 0 unspecified atom stereocenters. The smallest absolute Gasteiger partial charge is 0.416 e. The number of nitrogens with zero attached hydrogens (tertiary/aromatic N) is 1. The van der Waals surface area contributed by atoms with Crippen molar-refractivity contribution in [3.05, 3.63) is 126 Å². The van der Waals surface area contributed by atoms with Crippen LogP contribution in [0.15, 0.2) is 103 Å². The number of ether oxygens (including phenoxy) is 1. The minimum Gasteiger partial charge on any atom is -0.494 e. The molecule has 3 nitrogen and oxygen atoms in total. The molecule has 0 radical (unpaired) electrons. The Morgan fingerprint density at radius 2 is 1.34 bits per heavy atom. The topological polar surface area (TPSA) is 32.7 Å². The van der Waals surface area contributed by atoms with Gasteiger partial charge in [0.2, 0.25) is 0 Å². The third kappa shape index (κ3) is 6.63. The first-order chi connectivity index (χ1) is 19.7. The standard InChI is InChI=1S/C34H33F4NO2/c35-32-24-29(34(36,37)38)14-17-31(32)25-12-15-30(16-13-25)41-23-7-20-39-21-18-28(19-22-39)33(40,26-8-3-1-4-9-26)27-10-5-2-6-11-27/h1-6,8-17,24,28,40H,7,18-23H2. The van der Waals surface area contributed by atoms with Gasteiger partial charge in [-0.05, 0) is 79.2 Å². The second kappa shape index (κ2) is 12.5. The van der Waals surface area contributed by atoms with E-state index >= 15 is 0 Å². The van der Waals surface area contributed by atoms with Crippen molar-refractivity contribution in [3.8, 4) is 16.9 Å². The van der Waals surface area contributed by atoms with Crippen LogP contribution in [0.3, 0.4) is 0 Å². The average Bonchev–Trinajstić information content (AvgIpc) is 3.00. The van der Waals surface area contributed by atoms with Gasteiger partial charge in [-0.15, -0.1) is 0 Å². The van der Waals surface area contributed by atoms with Crippen LogP contribution in [0.4, 0.5) is 17.6 Å². The Bertz CT molecular complexity index is 1360. The summed E-state index contributed by atoms with van der Waals surface area (Å²) in [7, 11) is 0. The molecule has 1 aliphatic heterocycles. The van der Waals surface area contributed by atoms with Gasteiger partial charge in [0, 0.05) is 12.1 Å². The first-order valence-electron chi connectivity index (χ1n) is 13.9. The van der Waals surface area contributed by atoms with Crippen molar-refractivity contribution in [2.45, 2.75) is 31.0 Å². The van der Waals surface area contributed by atoms with E-state index in [0.717, 1.165) is 62.2 Å². The van der Waals surface area contributed by atoms with E-state index in [1.807, 2.05) is 60.7 Å². The number of aliphatic hydroxyl groups is 1. The summed E-state index contributed by atoms with van der Waals surface area (Å²) < 4.78 is 58.6. The number of benzene rings is 4. The summed E-state index contributed by atoms with van der Waals surface area (Å²) in [6, 6.07) is 29.1. The zero-order chi connectivity index (χ0) is 28.9. The minimum absolute atomic E-state index is 0.104. The lowest BCUT2D eigenvalue weighted by atomic mass is 9.72. The van der Waals surface area contributed by atoms with Crippen molar-refractivity contribution in [2.75, 3.05) is 26.2 Å². The summed E-state index contributed by atoms with van der Waals surface area (Å²) in [4.78, 5) is 2.40. The summed E-state index contributed by atoms with van der Waals surface area (Å²) >= 11 is 0. The van der Waals surface area contributed by atoms with E-state index in [4.69, 9.17) is 4.74 Å². The van der Waals surface area contributed by atoms with Crippen molar-refractivity contribution in [2.24, 2.45) is 5.92 Å². The van der Waals surface area contributed by atoms with E-state index in [-0.39, 0.29) is 11.5 Å². The molecule has 0 saturated carbocycles. The van der Waals surface area contributed by atoms with Crippen LogP contribution >= 0.6 is 0 Å². The van der Waals surface area contributed by atoms with Crippen LogP contribution in [0.2, 0.25) is 0 Å². The normalized spacial score (nSPS) is 15.1. The number of piperidine rings is 1. The van der Waals surface area contributed by atoms with Gasteiger partial charge in [0.1, 0.15) is 17.2 Å². The van der Waals surface area contributed by atoms with Crippen molar-refractivity contribution < 1.29 is 27.4 Å². The molecule has 4 aromatic carbocycles. The highest BCUT2D eigenvalue weighted by molar-refractivity contribution is 5.65. The zero-order valence-electron chi connectivity index (χ0n) is 22.7. The Morgan fingerprint density at radius 3 is 1.88 bits per heavy atom. The van der Waals surface area contributed by atoms with Crippen molar-refractivity contribution >= 4 is 0 Å². The van der Waals surface area contributed by atoms with Gasteiger partial charge in [0.25, 0.3) is 0 Å². The van der Waals surface area contributed by atoms with Crippen LogP contribution in [0.5, 0.6) is 5.75 Å². The predicted octanol–water partition coefficient (Wildman–Crippen LogP) is 7.93. The Hall–Kier alpha value is -3.68. The van der Waals surface area contributed by atoms with E-state index in [0.29, 0.717) is 24.0 Å². The molecule has 1 heterocycles. The first kappa shape index (κ1) is 28.8. The van der Waals surface area contributed by atoms with Crippen molar-refractivity contribution in [1.82, 2.24) is 4.90 Å². The van der Waals surface area contributed by atoms with Gasteiger partial charge in [-0.1, -0.05) is 78.9 Å². The molecule has 1 aliphatic rings. The molecule has 0 atom stereocenters.